The van der Waals surface area contributed by atoms with E-state index in [1.165, 1.54) is 6.07 Å². The second-order valence-corrected chi connectivity index (χ2v) is 4.85. The van der Waals surface area contributed by atoms with Crippen molar-refractivity contribution in [2.24, 2.45) is 5.92 Å². The molecule has 3 atom stereocenters. The Labute approximate surface area is 98.0 Å². The van der Waals surface area contributed by atoms with Crippen molar-refractivity contribution in [3.05, 3.63) is 33.4 Å². The van der Waals surface area contributed by atoms with Gasteiger partial charge < -0.3 is 15.1 Å². The molecule has 6 heteroatoms. The van der Waals surface area contributed by atoms with Gasteiger partial charge in [-0.2, -0.15) is 5.23 Å². The molecule has 2 bridgehead atoms. The Morgan fingerprint density at radius 2 is 2.29 bits per heavy atom. The van der Waals surface area contributed by atoms with Gasteiger partial charge in [0, 0.05) is 30.8 Å². The Morgan fingerprint density at radius 1 is 1.47 bits per heavy atom. The molecule has 3 N–H and O–H groups in total. The van der Waals surface area contributed by atoms with Gasteiger partial charge in [0.1, 0.15) is 0 Å². The summed E-state index contributed by atoms with van der Waals surface area (Å²) in [6, 6.07) is 3.23. The Morgan fingerprint density at radius 3 is 3.06 bits per heavy atom. The molecular formula is C11H15N3O3. The molecule has 92 valence electrons. The molecule has 0 radical (unpaired) electrons. The van der Waals surface area contributed by atoms with Gasteiger partial charge in [0.25, 0.3) is 0 Å². The van der Waals surface area contributed by atoms with Crippen LogP contribution in [0.5, 0.6) is 0 Å². The van der Waals surface area contributed by atoms with E-state index in [0.29, 0.717) is 18.4 Å². The summed E-state index contributed by atoms with van der Waals surface area (Å²) in [4.78, 5) is 12.0. The van der Waals surface area contributed by atoms with E-state index in [-0.39, 0.29) is 11.2 Å². The molecule has 3 heterocycles. The second kappa shape index (κ2) is 3.92. The van der Waals surface area contributed by atoms with Gasteiger partial charge in [-0.05, 0) is 24.9 Å². The number of hydrogen-bond acceptors (Lipinski definition) is 4. The summed E-state index contributed by atoms with van der Waals surface area (Å²) in [7, 11) is 0. The Bertz CT molecular complexity index is 497. The number of rotatable bonds is 1. The molecular weight excluding hydrogens is 222 g/mol. The summed E-state index contributed by atoms with van der Waals surface area (Å²) in [5.74, 6) is 0.793. The van der Waals surface area contributed by atoms with Crippen LogP contribution in [0.15, 0.2) is 16.9 Å². The number of hydrogen-bond donors (Lipinski definition) is 3. The van der Waals surface area contributed by atoms with Crippen LogP contribution in [-0.4, -0.2) is 22.9 Å². The minimum atomic E-state index is -1.14. The van der Waals surface area contributed by atoms with Crippen LogP contribution in [0.2, 0.25) is 0 Å². The third kappa shape index (κ3) is 1.69. The molecule has 1 aromatic rings. The van der Waals surface area contributed by atoms with Crippen molar-refractivity contribution >= 4 is 5.69 Å². The van der Waals surface area contributed by atoms with Crippen molar-refractivity contribution < 1.29 is 10.4 Å². The van der Waals surface area contributed by atoms with E-state index in [2.05, 4.69) is 5.32 Å². The fourth-order valence-electron chi connectivity index (χ4n) is 2.95. The minimum absolute atomic E-state index is 0.123. The Balaban J connectivity index is 2.12. The summed E-state index contributed by atoms with van der Waals surface area (Å²) >= 11 is 0. The van der Waals surface area contributed by atoms with Gasteiger partial charge in [-0.3, -0.25) is 4.79 Å². The second-order valence-electron chi connectivity index (χ2n) is 4.85. The van der Waals surface area contributed by atoms with E-state index in [1.807, 2.05) is 0 Å². The number of fused-ring (bicyclic) bond motifs is 4. The summed E-state index contributed by atoms with van der Waals surface area (Å²) < 4.78 is 1.66. The van der Waals surface area contributed by atoms with Gasteiger partial charge in [-0.1, -0.05) is 0 Å². The number of nitrogens with zero attached hydrogens (tertiary/aromatic N) is 1. The van der Waals surface area contributed by atoms with Crippen LogP contribution in [-0.2, 0) is 6.54 Å². The maximum Gasteiger partial charge on any atom is 0.315 e. The van der Waals surface area contributed by atoms with Crippen LogP contribution in [0.4, 0.5) is 5.69 Å². The topological polar surface area (TPSA) is 81.8 Å². The summed E-state index contributed by atoms with van der Waals surface area (Å²) in [5, 5.41) is 22.1. The number of quaternary nitrogens is 1. The highest BCUT2D eigenvalue weighted by molar-refractivity contribution is 5.30. The molecule has 0 amide bonds. The van der Waals surface area contributed by atoms with Crippen molar-refractivity contribution in [3.63, 3.8) is 0 Å². The fraction of sp³-hybridized carbons (Fsp3) is 0.545. The molecule has 2 aliphatic rings. The zero-order valence-electron chi connectivity index (χ0n) is 9.35. The summed E-state index contributed by atoms with van der Waals surface area (Å²) in [5.41, 5.74) is 0.497. The van der Waals surface area contributed by atoms with Crippen molar-refractivity contribution in [3.8, 4) is 0 Å². The lowest BCUT2D eigenvalue weighted by Gasteiger charge is -2.37. The molecule has 0 saturated carbocycles. The van der Waals surface area contributed by atoms with E-state index in [1.54, 1.807) is 10.6 Å². The molecule has 6 nitrogen and oxygen atoms in total. The third-order valence-corrected chi connectivity index (χ3v) is 3.74. The Hall–Kier alpha value is -1.21. The lowest BCUT2D eigenvalue weighted by Crippen LogP contribution is -3.00. The van der Waals surface area contributed by atoms with Gasteiger partial charge in [-0.25, -0.2) is 5.21 Å². The van der Waals surface area contributed by atoms with Crippen LogP contribution < -0.4 is 16.1 Å². The van der Waals surface area contributed by atoms with E-state index >= 15 is 0 Å². The zero-order chi connectivity index (χ0) is 12.0. The average molecular weight is 237 g/mol. The molecule has 1 saturated heterocycles. The van der Waals surface area contributed by atoms with Crippen molar-refractivity contribution in [1.82, 2.24) is 9.88 Å². The molecule has 0 aliphatic carbocycles. The van der Waals surface area contributed by atoms with Crippen LogP contribution in [0.25, 0.3) is 0 Å². The Kier molecular flexibility index (Phi) is 2.52. The van der Waals surface area contributed by atoms with Gasteiger partial charge >= 0.3 is 5.56 Å². The zero-order valence-corrected chi connectivity index (χ0v) is 9.35. The largest absolute Gasteiger partial charge is 0.595 e. The first kappa shape index (κ1) is 10.9. The minimum Gasteiger partial charge on any atom is -0.595 e. The van der Waals surface area contributed by atoms with E-state index in [9.17, 15) is 10.0 Å². The lowest BCUT2D eigenvalue weighted by molar-refractivity contribution is -0.992. The van der Waals surface area contributed by atoms with Crippen LogP contribution in [0.3, 0.4) is 0 Å². The maximum absolute atomic E-state index is 12.0. The predicted molar refractivity (Wildman–Crippen MR) is 60.2 cm³/mol. The first-order valence-electron chi connectivity index (χ1n) is 5.84. The molecule has 3 rings (SSSR count). The standard InChI is InChI=1S/C11H15N3O3/c15-11-10(14(16)17)2-1-9-8-3-7(4-12-5-8)6-13(9)11/h1-2,7-8,12,14,16H,3-6H2. The quantitative estimate of drug-likeness (QED) is 0.545. The van der Waals surface area contributed by atoms with Crippen LogP contribution in [0.1, 0.15) is 18.0 Å². The SMILES string of the molecule is O=c1c([NH+]([O-])O)ccc2n1CC1CNCC2C1. The van der Waals surface area contributed by atoms with E-state index in [0.717, 1.165) is 25.2 Å². The van der Waals surface area contributed by atoms with Gasteiger partial charge in [-0.15, -0.1) is 0 Å². The first-order chi connectivity index (χ1) is 8.16. The highest BCUT2D eigenvalue weighted by atomic mass is 16.8. The third-order valence-electron chi connectivity index (χ3n) is 3.74. The molecule has 3 unspecified atom stereocenters. The van der Waals surface area contributed by atoms with Crippen LogP contribution in [0, 0.1) is 11.1 Å². The van der Waals surface area contributed by atoms with E-state index < -0.39 is 5.23 Å². The number of nitrogens with one attached hydrogen (secondary N) is 2. The predicted octanol–water partition coefficient (Wildman–Crippen LogP) is -1.04. The maximum atomic E-state index is 12.0. The monoisotopic (exact) mass is 237 g/mol. The lowest BCUT2D eigenvalue weighted by atomic mass is 9.84. The normalized spacial score (nSPS) is 28.6. The molecule has 1 aromatic heterocycles. The molecule has 0 aromatic carbocycles. The van der Waals surface area contributed by atoms with E-state index in [4.69, 9.17) is 5.21 Å². The van der Waals surface area contributed by atoms with Gasteiger partial charge in [0.15, 0.2) is 0 Å². The van der Waals surface area contributed by atoms with Gasteiger partial charge in [0.2, 0.25) is 5.69 Å². The number of pyridine rings is 1. The van der Waals surface area contributed by atoms with Gasteiger partial charge in [0.05, 0.1) is 0 Å². The summed E-state index contributed by atoms with van der Waals surface area (Å²) in [6.07, 6.45) is 1.10. The smallest absolute Gasteiger partial charge is 0.315 e. The van der Waals surface area contributed by atoms with Crippen molar-refractivity contribution in [1.29, 1.82) is 0 Å². The van der Waals surface area contributed by atoms with Crippen molar-refractivity contribution in [2.45, 2.75) is 18.9 Å². The number of aromatic nitrogens is 1. The highest BCUT2D eigenvalue weighted by Gasteiger charge is 2.31. The average Bonchev–Trinajstić information content (AvgIpc) is 2.30. The van der Waals surface area contributed by atoms with Crippen LogP contribution >= 0.6 is 0 Å². The molecule has 1 fully saturated rings. The molecule has 0 spiro atoms. The summed E-state index contributed by atoms with van der Waals surface area (Å²) in [6.45, 7) is 2.43. The molecule has 2 aliphatic heterocycles. The first-order valence-corrected chi connectivity index (χ1v) is 5.84. The highest BCUT2D eigenvalue weighted by Crippen LogP contribution is 2.31. The number of piperidine rings is 1. The fourth-order valence-corrected chi connectivity index (χ4v) is 2.95. The molecule has 17 heavy (non-hydrogen) atoms. The van der Waals surface area contributed by atoms with Crippen molar-refractivity contribution in [2.75, 3.05) is 13.1 Å².